The van der Waals surface area contributed by atoms with Crippen LogP contribution in [-0.2, 0) is 4.79 Å². The molecule has 0 unspecified atom stereocenters. The highest BCUT2D eigenvalue weighted by molar-refractivity contribution is 5.74. The van der Waals surface area contributed by atoms with E-state index in [4.69, 9.17) is 5.21 Å². The average Bonchev–Trinajstić information content (AvgIpc) is 2.20. The molecule has 0 heterocycles. The van der Waals surface area contributed by atoms with Gasteiger partial charge in [0.1, 0.15) is 0 Å². The first kappa shape index (κ1) is 15.4. The van der Waals surface area contributed by atoms with Crippen LogP contribution in [0.4, 0.5) is 0 Å². The van der Waals surface area contributed by atoms with Gasteiger partial charge in [-0.15, -0.1) is 0 Å². The molecule has 0 aromatic heterocycles. The molecule has 2 N–H and O–H groups in total. The fraction of sp³-hybridized carbons (Fsp3) is 0.923. The molecular weight excluding hydrogens is 202 g/mol. The Hall–Kier alpha value is -0.570. The molecule has 0 atom stereocenters. The van der Waals surface area contributed by atoms with Crippen molar-refractivity contribution in [2.24, 2.45) is 5.41 Å². The van der Waals surface area contributed by atoms with Gasteiger partial charge in [-0.25, -0.2) is 5.48 Å². The highest BCUT2D eigenvalue weighted by Gasteiger charge is 2.08. The van der Waals surface area contributed by atoms with Crippen molar-refractivity contribution in [2.75, 3.05) is 0 Å². The Balaban J connectivity index is 3.13. The molecule has 0 aliphatic carbocycles. The lowest BCUT2D eigenvalue weighted by Gasteiger charge is -2.17. The lowest BCUT2D eigenvalue weighted by Crippen LogP contribution is -2.17. The van der Waals surface area contributed by atoms with Crippen molar-refractivity contribution in [3.8, 4) is 0 Å². The number of amides is 1. The molecule has 0 aliphatic heterocycles. The van der Waals surface area contributed by atoms with Gasteiger partial charge in [0.05, 0.1) is 0 Å². The Labute approximate surface area is 99.6 Å². The summed E-state index contributed by atoms with van der Waals surface area (Å²) in [4.78, 5) is 10.7. The second-order valence-corrected chi connectivity index (χ2v) is 5.72. The smallest absolute Gasteiger partial charge is 0.243 e. The summed E-state index contributed by atoms with van der Waals surface area (Å²) in [5.41, 5.74) is 2.11. The van der Waals surface area contributed by atoms with E-state index in [9.17, 15) is 4.79 Å². The van der Waals surface area contributed by atoms with E-state index >= 15 is 0 Å². The normalized spacial score (nSPS) is 11.5. The number of rotatable bonds is 8. The summed E-state index contributed by atoms with van der Waals surface area (Å²) in [5, 5.41) is 8.28. The molecule has 0 saturated heterocycles. The van der Waals surface area contributed by atoms with Gasteiger partial charge in [-0.1, -0.05) is 52.9 Å². The lowest BCUT2D eigenvalue weighted by atomic mass is 9.89. The largest absolute Gasteiger partial charge is 0.289 e. The molecule has 0 fully saturated rings. The summed E-state index contributed by atoms with van der Waals surface area (Å²) in [7, 11) is 0. The second-order valence-electron chi connectivity index (χ2n) is 5.72. The molecule has 0 radical (unpaired) electrons. The average molecular weight is 229 g/mol. The summed E-state index contributed by atoms with van der Waals surface area (Å²) < 4.78 is 0. The van der Waals surface area contributed by atoms with Gasteiger partial charge in [0.2, 0.25) is 5.91 Å². The molecule has 16 heavy (non-hydrogen) atoms. The van der Waals surface area contributed by atoms with Gasteiger partial charge in [0.15, 0.2) is 0 Å². The SMILES string of the molecule is CC(C)(C)CCCCCCCCC(=O)NO. The summed E-state index contributed by atoms with van der Waals surface area (Å²) in [6, 6.07) is 0. The number of hydrogen-bond acceptors (Lipinski definition) is 2. The molecular formula is C13H27NO2. The monoisotopic (exact) mass is 229 g/mol. The van der Waals surface area contributed by atoms with Gasteiger partial charge >= 0.3 is 0 Å². The molecule has 0 spiro atoms. The summed E-state index contributed by atoms with van der Waals surface area (Å²) in [6.45, 7) is 6.83. The first-order valence-corrected chi connectivity index (χ1v) is 6.38. The molecule has 0 rings (SSSR count). The van der Waals surface area contributed by atoms with Gasteiger partial charge in [0.25, 0.3) is 0 Å². The standard InChI is InChI=1S/C13H27NO2/c1-13(2,3)11-9-7-5-4-6-8-10-12(15)14-16/h16H,4-11H2,1-3H3,(H,14,15). The van der Waals surface area contributed by atoms with Crippen molar-refractivity contribution in [3.63, 3.8) is 0 Å². The first-order chi connectivity index (χ1) is 7.45. The third-order valence-electron chi connectivity index (χ3n) is 2.71. The topological polar surface area (TPSA) is 49.3 Å². The van der Waals surface area contributed by atoms with Crippen molar-refractivity contribution in [1.29, 1.82) is 0 Å². The van der Waals surface area contributed by atoms with Crippen molar-refractivity contribution in [1.82, 2.24) is 5.48 Å². The van der Waals surface area contributed by atoms with Crippen molar-refractivity contribution >= 4 is 5.91 Å². The van der Waals surface area contributed by atoms with E-state index in [1.807, 2.05) is 0 Å². The fourth-order valence-corrected chi connectivity index (χ4v) is 1.70. The van der Waals surface area contributed by atoms with Crippen LogP contribution in [0.5, 0.6) is 0 Å². The van der Waals surface area contributed by atoms with Crippen LogP contribution in [0.3, 0.4) is 0 Å². The molecule has 3 nitrogen and oxygen atoms in total. The van der Waals surface area contributed by atoms with Crippen LogP contribution in [0.25, 0.3) is 0 Å². The fourth-order valence-electron chi connectivity index (χ4n) is 1.70. The van der Waals surface area contributed by atoms with E-state index in [2.05, 4.69) is 20.8 Å². The van der Waals surface area contributed by atoms with Crippen LogP contribution in [0, 0.1) is 5.41 Å². The number of hydrogen-bond donors (Lipinski definition) is 2. The predicted molar refractivity (Wildman–Crippen MR) is 66.3 cm³/mol. The zero-order valence-electron chi connectivity index (χ0n) is 11.0. The minimum atomic E-state index is -0.271. The molecule has 0 aliphatic rings. The predicted octanol–water partition coefficient (Wildman–Crippen LogP) is 3.66. The minimum absolute atomic E-state index is 0.271. The number of unbranched alkanes of at least 4 members (excludes halogenated alkanes) is 5. The molecule has 1 amide bonds. The summed E-state index contributed by atoms with van der Waals surface area (Å²) in [6.07, 6.45) is 8.76. The van der Waals surface area contributed by atoms with Crippen molar-refractivity contribution < 1.29 is 10.0 Å². The van der Waals surface area contributed by atoms with Gasteiger partial charge in [-0.2, -0.15) is 0 Å². The molecule has 3 heteroatoms. The molecule has 0 bridgehead atoms. The van der Waals surface area contributed by atoms with Gasteiger partial charge in [-0.05, 0) is 18.3 Å². The van der Waals surface area contributed by atoms with Gasteiger partial charge in [-0.3, -0.25) is 10.0 Å². The van der Waals surface area contributed by atoms with Crippen molar-refractivity contribution in [2.45, 2.75) is 72.1 Å². The third kappa shape index (κ3) is 11.5. The van der Waals surface area contributed by atoms with E-state index in [1.165, 1.54) is 32.1 Å². The Morgan fingerprint density at radius 1 is 1.00 bits per heavy atom. The number of hydroxylamine groups is 1. The second kappa shape index (κ2) is 8.57. The van der Waals surface area contributed by atoms with Gasteiger partial charge < -0.3 is 0 Å². The zero-order valence-corrected chi connectivity index (χ0v) is 11.0. The lowest BCUT2D eigenvalue weighted by molar-refractivity contribution is -0.129. The van der Waals surface area contributed by atoms with Crippen LogP contribution < -0.4 is 5.48 Å². The maximum atomic E-state index is 10.7. The van der Waals surface area contributed by atoms with E-state index in [0.29, 0.717) is 11.8 Å². The summed E-state index contributed by atoms with van der Waals surface area (Å²) in [5.74, 6) is -0.271. The van der Waals surface area contributed by atoms with Gasteiger partial charge in [0, 0.05) is 6.42 Å². The van der Waals surface area contributed by atoms with Crippen LogP contribution in [0.1, 0.15) is 72.1 Å². The Morgan fingerprint density at radius 3 is 2.00 bits per heavy atom. The maximum absolute atomic E-state index is 10.7. The molecule has 0 aromatic rings. The highest BCUT2D eigenvalue weighted by Crippen LogP contribution is 2.22. The van der Waals surface area contributed by atoms with Crippen LogP contribution in [-0.4, -0.2) is 11.1 Å². The number of nitrogens with one attached hydrogen (secondary N) is 1. The Morgan fingerprint density at radius 2 is 1.50 bits per heavy atom. The molecule has 0 aromatic carbocycles. The Kier molecular flexibility index (Phi) is 8.26. The van der Waals surface area contributed by atoms with Crippen LogP contribution in [0.15, 0.2) is 0 Å². The maximum Gasteiger partial charge on any atom is 0.243 e. The third-order valence-corrected chi connectivity index (χ3v) is 2.71. The van der Waals surface area contributed by atoms with E-state index in [1.54, 1.807) is 5.48 Å². The summed E-state index contributed by atoms with van der Waals surface area (Å²) >= 11 is 0. The molecule has 96 valence electrons. The Bertz CT molecular complexity index is 185. The van der Waals surface area contributed by atoms with E-state index < -0.39 is 0 Å². The van der Waals surface area contributed by atoms with Crippen molar-refractivity contribution in [3.05, 3.63) is 0 Å². The highest BCUT2D eigenvalue weighted by atomic mass is 16.5. The van der Waals surface area contributed by atoms with Crippen LogP contribution >= 0.6 is 0 Å². The number of carbonyl (C=O) groups is 1. The zero-order chi connectivity index (χ0) is 12.4. The molecule has 0 saturated carbocycles. The number of carbonyl (C=O) groups excluding carboxylic acids is 1. The van der Waals surface area contributed by atoms with Crippen LogP contribution in [0.2, 0.25) is 0 Å². The van der Waals surface area contributed by atoms with E-state index in [-0.39, 0.29) is 5.91 Å². The quantitative estimate of drug-likeness (QED) is 0.379. The van der Waals surface area contributed by atoms with E-state index in [0.717, 1.165) is 12.8 Å². The minimum Gasteiger partial charge on any atom is -0.289 e. The first-order valence-electron chi connectivity index (χ1n) is 6.38.